The Morgan fingerprint density at radius 1 is 1.33 bits per heavy atom. The van der Waals surface area contributed by atoms with Crippen LogP contribution in [0.3, 0.4) is 0 Å². The predicted molar refractivity (Wildman–Crippen MR) is 99.2 cm³/mol. The van der Waals surface area contributed by atoms with E-state index in [1.807, 2.05) is 24.4 Å². The summed E-state index contributed by atoms with van der Waals surface area (Å²) in [7, 11) is 0. The topological polar surface area (TPSA) is 25.4 Å². The van der Waals surface area contributed by atoms with Crippen LogP contribution in [-0.2, 0) is 4.74 Å². The number of hydrogen-bond acceptors (Lipinski definition) is 3. The number of aromatic nitrogens is 1. The Morgan fingerprint density at radius 3 is 3.00 bits per heavy atom. The van der Waals surface area contributed by atoms with Crippen LogP contribution in [0.5, 0.6) is 0 Å². The maximum atomic E-state index is 6.18. The van der Waals surface area contributed by atoms with Crippen LogP contribution in [0, 0.1) is 0 Å². The molecule has 2 heterocycles. The van der Waals surface area contributed by atoms with Gasteiger partial charge < -0.3 is 9.64 Å². The zero-order valence-electron chi connectivity index (χ0n) is 14.6. The van der Waals surface area contributed by atoms with Crippen molar-refractivity contribution in [2.24, 2.45) is 0 Å². The van der Waals surface area contributed by atoms with Gasteiger partial charge in [-0.2, -0.15) is 0 Å². The molecule has 0 bridgehead atoms. The summed E-state index contributed by atoms with van der Waals surface area (Å²) in [5.41, 5.74) is 3.38. The van der Waals surface area contributed by atoms with E-state index in [1.165, 1.54) is 11.1 Å². The van der Waals surface area contributed by atoms with Crippen LogP contribution in [0.2, 0.25) is 0 Å². The van der Waals surface area contributed by atoms with Gasteiger partial charge in [0, 0.05) is 18.9 Å². The van der Waals surface area contributed by atoms with E-state index in [4.69, 9.17) is 4.74 Å². The van der Waals surface area contributed by atoms with Crippen molar-refractivity contribution >= 4 is 5.57 Å². The van der Waals surface area contributed by atoms with Gasteiger partial charge in [0.25, 0.3) is 0 Å². The molecule has 3 heteroatoms. The Morgan fingerprint density at radius 2 is 2.25 bits per heavy atom. The molecule has 0 aromatic carbocycles. The van der Waals surface area contributed by atoms with Crippen molar-refractivity contribution in [3.05, 3.63) is 72.4 Å². The Kier molecular flexibility index (Phi) is 5.31. The molecule has 0 saturated carbocycles. The highest BCUT2D eigenvalue weighted by Gasteiger charge is 2.23. The van der Waals surface area contributed by atoms with Gasteiger partial charge in [0.15, 0.2) is 0 Å². The van der Waals surface area contributed by atoms with Crippen LogP contribution in [0.4, 0.5) is 0 Å². The third kappa shape index (κ3) is 4.45. The minimum Gasteiger partial charge on any atom is -0.369 e. The maximum Gasteiger partial charge on any atom is 0.0873 e. The second kappa shape index (κ2) is 7.63. The van der Waals surface area contributed by atoms with Crippen molar-refractivity contribution in [3.8, 4) is 0 Å². The van der Waals surface area contributed by atoms with Gasteiger partial charge in [-0.15, -0.1) is 0 Å². The molecule has 3 nitrogen and oxygen atoms in total. The molecule has 3 rings (SSSR count). The first kappa shape index (κ1) is 16.7. The van der Waals surface area contributed by atoms with Crippen molar-refractivity contribution in [2.45, 2.75) is 38.7 Å². The summed E-state index contributed by atoms with van der Waals surface area (Å²) in [4.78, 5) is 6.64. The quantitative estimate of drug-likeness (QED) is 0.785. The van der Waals surface area contributed by atoms with Crippen molar-refractivity contribution in [1.29, 1.82) is 0 Å². The van der Waals surface area contributed by atoms with E-state index < -0.39 is 0 Å². The molecule has 24 heavy (non-hydrogen) atoms. The number of allylic oxidation sites excluding steroid dienone is 4. The number of pyridine rings is 1. The minimum atomic E-state index is -0.230. The molecule has 1 aliphatic carbocycles. The molecule has 0 N–H and O–H groups in total. The Balaban J connectivity index is 1.52. The molecule has 0 amide bonds. The highest BCUT2D eigenvalue weighted by Crippen LogP contribution is 2.28. The third-order valence-corrected chi connectivity index (χ3v) is 4.47. The zero-order chi connectivity index (χ0) is 16.8. The van der Waals surface area contributed by atoms with E-state index in [9.17, 15) is 0 Å². The summed E-state index contributed by atoms with van der Waals surface area (Å²) in [6.45, 7) is 5.93. The van der Waals surface area contributed by atoms with Crippen molar-refractivity contribution in [1.82, 2.24) is 9.88 Å². The van der Waals surface area contributed by atoms with Gasteiger partial charge >= 0.3 is 0 Å². The first-order chi connectivity index (χ1) is 11.6. The van der Waals surface area contributed by atoms with E-state index >= 15 is 0 Å². The molecule has 126 valence electrons. The lowest BCUT2D eigenvalue weighted by Gasteiger charge is -2.29. The molecule has 0 spiro atoms. The number of ether oxygens (including phenoxy) is 1. The van der Waals surface area contributed by atoms with Crippen LogP contribution in [-0.4, -0.2) is 28.6 Å². The smallest absolute Gasteiger partial charge is 0.0873 e. The van der Waals surface area contributed by atoms with Crippen molar-refractivity contribution in [3.63, 3.8) is 0 Å². The molecule has 0 saturated heterocycles. The summed E-state index contributed by atoms with van der Waals surface area (Å²) in [5, 5.41) is 0. The van der Waals surface area contributed by atoms with Gasteiger partial charge in [0.2, 0.25) is 0 Å². The summed E-state index contributed by atoms with van der Waals surface area (Å²) in [6.07, 6.45) is 18.1. The van der Waals surface area contributed by atoms with Gasteiger partial charge in [-0.1, -0.05) is 35.9 Å². The zero-order valence-corrected chi connectivity index (χ0v) is 14.6. The van der Waals surface area contributed by atoms with Crippen LogP contribution >= 0.6 is 0 Å². The third-order valence-electron chi connectivity index (χ3n) is 4.47. The highest BCUT2D eigenvalue weighted by molar-refractivity contribution is 5.73. The van der Waals surface area contributed by atoms with Crippen molar-refractivity contribution in [2.75, 3.05) is 13.2 Å². The Hall–Kier alpha value is -2.13. The summed E-state index contributed by atoms with van der Waals surface area (Å²) in [6, 6.07) is 6.00. The van der Waals surface area contributed by atoms with Gasteiger partial charge in [0.1, 0.15) is 0 Å². The molecule has 0 radical (unpaired) electrons. The molecule has 2 aliphatic rings. The number of nitrogens with zero attached hydrogens (tertiary/aromatic N) is 2. The lowest BCUT2D eigenvalue weighted by Crippen LogP contribution is -2.30. The predicted octanol–water partition coefficient (Wildman–Crippen LogP) is 4.71. The molecule has 1 aromatic rings. The van der Waals surface area contributed by atoms with Crippen molar-refractivity contribution < 1.29 is 4.74 Å². The fourth-order valence-electron chi connectivity index (χ4n) is 2.98. The number of rotatable bonds is 5. The van der Waals surface area contributed by atoms with Crippen LogP contribution in [0.1, 0.15) is 38.8 Å². The summed E-state index contributed by atoms with van der Waals surface area (Å²) >= 11 is 0. The largest absolute Gasteiger partial charge is 0.369 e. The van der Waals surface area contributed by atoms with E-state index in [0.717, 1.165) is 31.5 Å². The highest BCUT2D eigenvalue weighted by atomic mass is 16.5. The average molecular weight is 322 g/mol. The van der Waals surface area contributed by atoms with Gasteiger partial charge in [0.05, 0.1) is 17.9 Å². The Labute approximate surface area is 145 Å². The van der Waals surface area contributed by atoms with Gasteiger partial charge in [-0.05, 0) is 57.0 Å². The maximum absolute atomic E-state index is 6.18. The fraction of sp³-hybridized carbons (Fsp3) is 0.381. The lowest BCUT2D eigenvalue weighted by molar-refractivity contribution is 0.00353. The number of hydrogen-bond donors (Lipinski definition) is 0. The average Bonchev–Trinajstić information content (AvgIpc) is 2.80. The summed E-state index contributed by atoms with van der Waals surface area (Å²) < 4.78 is 6.18. The monoisotopic (exact) mass is 322 g/mol. The molecule has 1 unspecified atom stereocenters. The molecule has 1 aromatic heterocycles. The molecule has 0 fully saturated rings. The second-order valence-corrected chi connectivity index (χ2v) is 6.71. The normalized spacial score (nSPS) is 23.7. The Bertz CT molecular complexity index is 672. The molecule has 1 aliphatic heterocycles. The lowest BCUT2D eigenvalue weighted by atomic mass is 9.92. The van der Waals surface area contributed by atoms with E-state index in [0.29, 0.717) is 6.61 Å². The van der Waals surface area contributed by atoms with E-state index in [-0.39, 0.29) is 5.60 Å². The summed E-state index contributed by atoms with van der Waals surface area (Å²) in [5.74, 6) is 0. The van der Waals surface area contributed by atoms with E-state index in [2.05, 4.69) is 60.4 Å². The first-order valence-electron chi connectivity index (χ1n) is 8.69. The second-order valence-electron chi connectivity index (χ2n) is 6.71. The first-order valence-corrected chi connectivity index (χ1v) is 8.69. The fourth-order valence-corrected chi connectivity index (χ4v) is 2.98. The standard InChI is InChI=1S/C21H26N2O/c1-18-7-4-6-14-23(17-18)15-16-24-21(2)11-9-19(10-12-21)20-8-3-5-13-22-20/h3,5-6,8-11,13-14,17H,4,7,12,15-16H2,1-2H3. The molecule has 1 atom stereocenters. The van der Waals surface area contributed by atoms with Crippen LogP contribution in [0.15, 0.2) is 66.7 Å². The minimum absolute atomic E-state index is 0.230. The van der Waals surface area contributed by atoms with Crippen LogP contribution in [0.25, 0.3) is 5.57 Å². The molecular weight excluding hydrogens is 296 g/mol. The van der Waals surface area contributed by atoms with Gasteiger partial charge in [-0.25, -0.2) is 0 Å². The van der Waals surface area contributed by atoms with Crippen LogP contribution < -0.4 is 0 Å². The van der Waals surface area contributed by atoms with E-state index in [1.54, 1.807) is 0 Å². The van der Waals surface area contributed by atoms with Gasteiger partial charge in [-0.3, -0.25) is 4.98 Å². The molecular formula is C21H26N2O. The SMILES string of the molecule is CC1=CN(CCOC2(C)C=CC(c3ccccn3)=CC2)C=CCC1.